The predicted molar refractivity (Wildman–Crippen MR) is 74.0 cm³/mol. The Morgan fingerprint density at radius 2 is 2.05 bits per heavy atom. The van der Waals surface area contributed by atoms with Crippen LogP contribution in [0.3, 0.4) is 0 Å². The number of ether oxygens (including phenoxy) is 2. The fraction of sp³-hybridized carbons (Fsp3) is 0.600. The summed E-state index contributed by atoms with van der Waals surface area (Å²) in [5.74, 6) is 0.672. The molecule has 20 heavy (non-hydrogen) atoms. The molecule has 2 aliphatic heterocycles. The van der Waals surface area contributed by atoms with E-state index >= 15 is 0 Å². The number of ketones is 1. The molecular formula is C15H20N2O3. The minimum atomic E-state index is 0.0460. The Morgan fingerprint density at radius 1 is 1.35 bits per heavy atom. The summed E-state index contributed by atoms with van der Waals surface area (Å²) in [4.78, 5) is 19.2. The predicted octanol–water partition coefficient (Wildman–Crippen LogP) is 1.38. The van der Waals surface area contributed by atoms with Crippen LogP contribution in [0.4, 0.5) is 0 Å². The van der Waals surface area contributed by atoms with E-state index in [0.717, 1.165) is 26.1 Å². The Morgan fingerprint density at radius 3 is 2.70 bits per heavy atom. The van der Waals surface area contributed by atoms with Crippen LogP contribution in [0.1, 0.15) is 23.3 Å². The molecule has 5 heteroatoms. The number of nitrogens with zero attached hydrogens (tertiary/aromatic N) is 2. The molecule has 2 aliphatic rings. The third kappa shape index (κ3) is 2.43. The molecular weight excluding hydrogens is 256 g/mol. The highest BCUT2D eigenvalue weighted by molar-refractivity contribution is 5.96. The van der Waals surface area contributed by atoms with E-state index < -0.39 is 0 Å². The van der Waals surface area contributed by atoms with E-state index in [1.54, 1.807) is 19.2 Å². The summed E-state index contributed by atoms with van der Waals surface area (Å²) in [6.45, 7) is 1.45. The van der Waals surface area contributed by atoms with Crippen molar-refractivity contribution < 1.29 is 14.3 Å². The second kappa shape index (κ2) is 5.50. The molecule has 0 N–H and O–H groups in total. The van der Waals surface area contributed by atoms with Gasteiger partial charge < -0.3 is 9.47 Å². The van der Waals surface area contributed by atoms with Crippen molar-refractivity contribution in [2.45, 2.75) is 24.9 Å². The number of morpholine rings is 1. The number of pyridine rings is 1. The lowest BCUT2D eigenvalue weighted by Crippen LogP contribution is -2.55. The van der Waals surface area contributed by atoms with Gasteiger partial charge in [-0.3, -0.25) is 9.69 Å². The van der Waals surface area contributed by atoms with Crippen molar-refractivity contribution in [3.63, 3.8) is 0 Å². The van der Waals surface area contributed by atoms with Gasteiger partial charge in [-0.25, -0.2) is 4.98 Å². The standard InChI is InChI=1S/C15H20N2O3/c1-17-11-6-10(7-12(17)9-20-8-11)15(18)13-4-3-5-14(16-13)19-2/h3-5,10-12H,6-9H2,1-2H3. The minimum Gasteiger partial charge on any atom is -0.481 e. The Labute approximate surface area is 118 Å². The lowest BCUT2D eigenvalue weighted by Gasteiger charge is -2.46. The fourth-order valence-electron chi connectivity index (χ4n) is 3.18. The smallest absolute Gasteiger partial charge is 0.213 e. The molecule has 2 atom stereocenters. The number of hydrogen-bond donors (Lipinski definition) is 0. The second-order valence-electron chi connectivity index (χ2n) is 5.61. The zero-order valence-corrected chi connectivity index (χ0v) is 11.9. The molecule has 0 saturated carbocycles. The molecule has 1 aromatic rings. The van der Waals surface area contributed by atoms with Gasteiger partial charge in [-0.15, -0.1) is 0 Å². The van der Waals surface area contributed by atoms with Gasteiger partial charge in [-0.2, -0.15) is 0 Å². The molecule has 2 saturated heterocycles. The quantitative estimate of drug-likeness (QED) is 0.781. The first-order chi connectivity index (χ1) is 9.69. The number of rotatable bonds is 3. The molecule has 0 spiro atoms. The number of Topliss-reactive ketones (excluding diaryl/α,β-unsaturated/α-hetero) is 1. The molecule has 0 aliphatic carbocycles. The van der Waals surface area contributed by atoms with Crippen LogP contribution in [-0.2, 0) is 4.74 Å². The second-order valence-corrected chi connectivity index (χ2v) is 5.61. The van der Waals surface area contributed by atoms with Crippen molar-refractivity contribution in [1.29, 1.82) is 0 Å². The minimum absolute atomic E-state index is 0.0460. The third-order valence-electron chi connectivity index (χ3n) is 4.44. The number of likely N-dealkylation sites (N-methyl/N-ethyl adjacent to an activating group) is 1. The maximum absolute atomic E-state index is 12.6. The van der Waals surface area contributed by atoms with Crippen LogP contribution >= 0.6 is 0 Å². The summed E-state index contributed by atoms with van der Waals surface area (Å²) in [6.07, 6.45) is 1.70. The zero-order valence-electron chi connectivity index (χ0n) is 11.9. The van der Waals surface area contributed by atoms with Crippen molar-refractivity contribution >= 4 is 5.78 Å². The van der Waals surface area contributed by atoms with Crippen LogP contribution in [-0.4, -0.2) is 55.1 Å². The molecule has 0 amide bonds. The number of carbonyl (C=O) groups is 1. The number of piperidine rings is 1. The highest BCUT2D eigenvalue weighted by Gasteiger charge is 2.39. The molecule has 3 heterocycles. The summed E-state index contributed by atoms with van der Waals surface area (Å²) in [5.41, 5.74) is 0.512. The van der Waals surface area contributed by atoms with Gasteiger partial charge in [0.2, 0.25) is 5.88 Å². The van der Waals surface area contributed by atoms with Crippen LogP contribution in [0.25, 0.3) is 0 Å². The van der Waals surface area contributed by atoms with Crippen molar-refractivity contribution in [3.8, 4) is 5.88 Å². The van der Waals surface area contributed by atoms with Crippen molar-refractivity contribution in [1.82, 2.24) is 9.88 Å². The highest BCUT2D eigenvalue weighted by Crippen LogP contribution is 2.32. The normalized spacial score (nSPS) is 30.0. The molecule has 3 rings (SSSR count). The van der Waals surface area contributed by atoms with E-state index in [1.807, 2.05) is 6.07 Å². The van der Waals surface area contributed by atoms with Crippen molar-refractivity contribution in [3.05, 3.63) is 23.9 Å². The van der Waals surface area contributed by atoms with Crippen LogP contribution in [0.2, 0.25) is 0 Å². The number of hydrogen-bond acceptors (Lipinski definition) is 5. The first-order valence-corrected chi connectivity index (χ1v) is 7.04. The third-order valence-corrected chi connectivity index (χ3v) is 4.44. The average Bonchev–Trinajstić information content (AvgIpc) is 2.46. The van der Waals surface area contributed by atoms with Crippen LogP contribution in [0, 0.1) is 5.92 Å². The summed E-state index contributed by atoms with van der Waals surface area (Å²) in [6, 6.07) is 6.05. The Balaban J connectivity index is 1.77. The number of aromatic nitrogens is 1. The Bertz CT molecular complexity index is 492. The fourth-order valence-corrected chi connectivity index (χ4v) is 3.18. The first kappa shape index (κ1) is 13.5. The SMILES string of the molecule is COc1cccc(C(=O)C2CC3COCC(C2)N3C)n1. The maximum Gasteiger partial charge on any atom is 0.213 e. The van der Waals surface area contributed by atoms with E-state index in [-0.39, 0.29) is 11.7 Å². The van der Waals surface area contributed by atoms with Gasteiger partial charge in [0.15, 0.2) is 5.78 Å². The van der Waals surface area contributed by atoms with Gasteiger partial charge in [0.1, 0.15) is 5.69 Å². The first-order valence-electron chi connectivity index (χ1n) is 7.04. The number of carbonyl (C=O) groups excluding carboxylic acids is 1. The average molecular weight is 276 g/mol. The van der Waals surface area contributed by atoms with Gasteiger partial charge in [0.05, 0.1) is 20.3 Å². The van der Waals surface area contributed by atoms with Crippen LogP contribution < -0.4 is 4.74 Å². The molecule has 108 valence electrons. The van der Waals surface area contributed by atoms with Gasteiger partial charge in [0, 0.05) is 24.1 Å². The molecule has 0 radical (unpaired) electrons. The van der Waals surface area contributed by atoms with E-state index in [0.29, 0.717) is 23.7 Å². The summed E-state index contributed by atoms with van der Waals surface area (Å²) >= 11 is 0. The zero-order chi connectivity index (χ0) is 14.1. The maximum atomic E-state index is 12.6. The van der Waals surface area contributed by atoms with Crippen LogP contribution in [0.15, 0.2) is 18.2 Å². The summed E-state index contributed by atoms with van der Waals surface area (Å²) < 4.78 is 10.7. The van der Waals surface area contributed by atoms with Gasteiger partial charge in [-0.05, 0) is 26.0 Å². The van der Waals surface area contributed by atoms with E-state index in [4.69, 9.17) is 9.47 Å². The molecule has 2 unspecified atom stereocenters. The van der Waals surface area contributed by atoms with Crippen molar-refractivity contribution in [2.75, 3.05) is 27.4 Å². The van der Waals surface area contributed by atoms with E-state index in [9.17, 15) is 4.79 Å². The highest BCUT2D eigenvalue weighted by atomic mass is 16.5. The molecule has 2 bridgehead atoms. The lowest BCUT2D eigenvalue weighted by atomic mass is 9.82. The van der Waals surface area contributed by atoms with Crippen LogP contribution in [0.5, 0.6) is 5.88 Å². The largest absolute Gasteiger partial charge is 0.481 e. The summed E-state index contributed by atoms with van der Waals surface area (Å²) in [5, 5.41) is 0. The molecule has 2 fully saturated rings. The topological polar surface area (TPSA) is 51.7 Å². The molecule has 0 aromatic carbocycles. The van der Waals surface area contributed by atoms with Gasteiger partial charge >= 0.3 is 0 Å². The Hall–Kier alpha value is -1.46. The number of fused-ring (bicyclic) bond motifs is 2. The van der Waals surface area contributed by atoms with E-state index in [2.05, 4.69) is 16.9 Å². The molecule has 5 nitrogen and oxygen atoms in total. The summed E-state index contributed by atoms with van der Waals surface area (Å²) in [7, 11) is 3.69. The Kier molecular flexibility index (Phi) is 3.72. The number of methoxy groups -OCH3 is 1. The van der Waals surface area contributed by atoms with Gasteiger partial charge in [0.25, 0.3) is 0 Å². The van der Waals surface area contributed by atoms with Gasteiger partial charge in [-0.1, -0.05) is 6.07 Å². The monoisotopic (exact) mass is 276 g/mol. The van der Waals surface area contributed by atoms with E-state index in [1.165, 1.54) is 0 Å². The molecule has 1 aromatic heterocycles. The van der Waals surface area contributed by atoms with Crippen molar-refractivity contribution in [2.24, 2.45) is 5.92 Å². The lowest BCUT2D eigenvalue weighted by molar-refractivity contribution is -0.0703.